The fourth-order valence-corrected chi connectivity index (χ4v) is 1.37. The number of hydrogen-bond donors (Lipinski definition) is 0. The molecular weight excluding hydrogens is 180 g/mol. The predicted octanol–water partition coefficient (Wildman–Crippen LogP) is 2.02. The molecule has 0 radical (unpaired) electrons. The third kappa shape index (κ3) is 1.41. The van der Waals surface area contributed by atoms with Gasteiger partial charge < -0.3 is 14.2 Å². The second-order valence-corrected chi connectivity index (χ2v) is 2.99. The van der Waals surface area contributed by atoms with Crippen LogP contribution in [-0.2, 0) is 0 Å². The van der Waals surface area contributed by atoms with Gasteiger partial charge in [-0.3, -0.25) is 0 Å². The average molecular weight is 192 g/mol. The number of methoxy groups -OCH3 is 1. The van der Waals surface area contributed by atoms with Crippen molar-refractivity contribution in [1.29, 1.82) is 0 Å². The zero-order valence-corrected chi connectivity index (χ0v) is 8.03. The second kappa shape index (κ2) is 3.62. The quantitative estimate of drug-likeness (QED) is 0.671. The van der Waals surface area contributed by atoms with Crippen LogP contribution >= 0.6 is 0 Å². The smallest absolute Gasteiger partial charge is 0.203 e. The molecule has 1 atom stereocenters. The molecule has 1 aromatic rings. The lowest BCUT2D eigenvalue weighted by Crippen LogP contribution is -2.26. The zero-order chi connectivity index (χ0) is 9.97. The molecule has 0 fully saturated rings. The summed E-state index contributed by atoms with van der Waals surface area (Å²) >= 11 is 0. The zero-order valence-electron chi connectivity index (χ0n) is 8.03. The molecule has 0 amide bonds. The van der Waals surface area contributed by atoms with Gasteiger partial charge in [-0.25, -0.2) is 0 Å². The first kappa shape index (κ1) is 8.94. The highest BCUT2D eigenvalue weighted by molar-refractivity contribution is 5.52. The second-order valence-electron chi connectivity index (χ2n) is 2.99. The van der Waals surface area contributed by atoms with Gasteiger partial charge in [-0.1, -0.05) is 12.6 Å². The fourth-order valence-electron chi connectivity index (χ4n) is 1.37. The first-order valence-electron chi connectivity index (χ1n) is 4.44. The van der Waals surface area contributed by atoms with Crippen molar-refractivity contribution in [3.63, 3.8) is 0 Å². The Kier molecular flexibility index (Phi) is 2.31. The molecule has 0 N–H and O–H groups in total. The van der Waals surface area contributed by atoms with Crippen molar-refractivity contribution in [3.05, 3.63) is 30.9 Å². The Morgan fingerprint density at radius 2 is 2.43 bits per heavy atom. The minimum Gasteiger partial charge on any atom is -0.493 e. The molecule has 0 saturated heterocycles. The summed E-state index contributed by atoms with van der Waals surface area (Å²) in [6.45, 7) is 4.15. The summed E-state index contributed by atoms with van der Waals surface area (Å²) < 4.78 is 16.3. The molecule has 0 bridgehead atoms. The Morgan fingerprint density at radius 1 is 1.57 bits per heavy atom. The molecule has 2 rings (SSSR count). The summed E-state index contributed by atoms with van der Waals surface area (Å²) in [6, 6.07) is 5.57. The number of rotatable bonds is 2. The number of fused-ring (bicyclic) bond motifs is 1. The maximum absolute atomic E-state index is 5.60. The highest BCUT2D eigenvalue weighted by Crippen LogP contribution is 2.39. The lowest BCUT2D eigenvalue weighted by atomic mass is 10.2. The topological polar surface area (TPSA) is 27.7 Å². The Hall–Kier alpha value is -1.64. The van der Waals surface area contributed by atoms with Crippen LogP contribution in [0.5, 0.6) is 17.2 Å². The van der Waals surface area contributed by atoms with Crippen LogP contribution in [0.3, 0.4) is 0 Å². The minimum atomic E-state index is -0.0744. The third-order valence-electron chi connectivity index (χ3n) is 2.10. The molecule has 1 aliphatic heterocycles. The van der Waals surface area contributed by atoms with E-state index in [1.54, 1.807) is 13.2 Å². The van der Waals surface area contributed by atoms with Crippen LogP contribution in [0.1, 0.15) is 0 Å². The Bertz CT molecular complexity index is 346. The van der Waals surface area contributed by atoms with Gasteiger partial charge in [-0.15, -0.1) is 0 Å². The minimum absolute atomic E-state index is 0.0744. The van der Waals surface area contributed by atoms with E-state index >= 15 is 0 Å². The molecular formula is C11H12O3. The van der Waals surface area contributed by atoms with E-state index in [0.717, 1.165) is 0 Å². The molecule has 0 saturated carbocycles. The average Bonchev–Trinajstić information content (AvgIpc) is 2.27. The van der Waals surface area contributed by atoms with Crippen molar-refractivity contribution >= 4 is 0 Å². The van der Waals surface area contributed by atoms with Gasteiger partial charge in [-0.05, 0) is 18.2 Å². The summed E-state index contributed by atoms with van der Waals surface area (Å²) in [5, 5.41) is 0. The van der Waals surface area contributed by atoms with Crippen LogP contribution in [0.4, 0.5) is 0 Å². The normalized spacial score (nSPS) is 18.8. The molecule has 3 heteroatoms. The summed E-state index contributed by atoms with van der Waals surface area (Å²) in [6.07, 6.45) is 1.65. The van der Waals surface area contributed by atoms with Crippen LogP contribution in [-0.4, -0.2) is 19.8 Å². The summed E-state index contributed by atoms with van der Waals surface area (Å²) in [4.78, 5) is 0. The van der Waals surface area contributed by atoms with Gasteiger partial charge in [0.15, 0.2) is 17.6 Å². The van der Waals surface area contributed by atoms with E-state index in [2.05, 4.69) is 6.58 Å². The van der Waals surface area contributed by atoms with E-state index in [4.69, 9.17) is 14.2 Å². The van der Waals surface area contributed by atoms with E-state index in [1.807, 2.05) is 18.2 Å². The van der Waals surface area contributed by atoms with Crippen molar-refractivity contribution in [1.82, 2.24) is 0 Å². The van der Waals surface area contributed by atoms with E-state index in [1.165, 1.54) is 0 Å². The molecule has 1 aromatic carbocycles. The van der Waals surface area contributed by atoms with E-state index in [0.29, 0.717) is 23.9 Å². The number of para-hydroxylation sites is 1. The Labute approximate surface area is 82.9 Å². The van der Waals surface area contributed by atoms with Crippen LogP contribution < -0.4 is 14.2 Å². The summed E-state index contributed by atoms with van der Waals surface area (Å²) in [7, 11) is 1.61. The first-order chi connectivity index (χ1) is 6.85. The molecule has 74 valence electrons. The maximum Gasteiger partial charge on any atom is 0.203 e. The van der Waals surface area contributed by atoms with Crippen molar-refractivity contribution < 1.29 is 14.2 Å². The molecule has 1 heterocycles. The lowest BCUT2D eigenvalue weighted by molar-refractivity contribution is 0.119. The molecule has 14 heavy (non-hydrogen) atoms. The largest absolute Gasteiger partial charge is 0.493 e. The Balaban J connectivity index is 2.35. The van der Waals surface area contributed by atoms with Gasteiger partial charge in [0.25, 0.3) is 0 Å². The number of ether oxygens (including phenoxy) is 3. The van der Waals surface area contributed by atoms with Crippen molar-refractivity contribution in [2.45, 2.75) is 6.10 Å². The SMILES string of the molecule is C=CC1COc2c(OC)cccc2O1. The van der Waals surface area contributed by atoms with Crippen molar-refractivity contribution in [2.75, 3.05) is 13.7 Å². The fraction of sp³-hybridized carbons (Fsp3) is 0.273. The van der Waals surface area contributed by atoms with Crippen molar-refractivity contribution in [3.8, 4) is 17.2 Å². The van der Waals surface area contributed by atoms with Crippen LogP contribution in [0.15, 0.2) is 30.9 Å². The van der Waals surface area contributed by atoms with Gasteiger partial charge in [0.1, 0.15) is 6.61 Å². The van der Waals surface area contributed by atoms with Gasteiger partial charge in [0.05, 0.1) is 7.11 Å². The molecule has 0 aliphatic carbocycles. The third-order valence-corrected chi connectivity index (χ3v) is 2.10. The van der Waals surface area contributed by atoms with E-state index in [-0.39, 0.29) is 6.10 Å². The van der Waals surface area contributed by atoms with Gasteiger partial charge in [0, 0.05) is 0 Å². The molecule has 0 spiro atoms. The molecule has 1 unspecified atom stereocenters. The van der Waals surface area contributed by atoms with Gasteiger partial charge in [-0.2, -0.15) is 0 Å². The van der Waals surface area contributed by atoms with Crippen LogP contribution in [0, 0.1) is 0 Å². The van der Waals surface area contributed by atoms with E-state index in [9.17, 15) is 0 Å². The predicted molar refractivity (Wildman–Crippen MR) is 53.1 cm³/mol. The summed E-state index contributed by atoms with van der Waals surface area (Å²) in [5.41, 5.74) is 0. The van der Waals surface area contributed by atoms with E-state index < -0.39 is 0 Å². The van der Waals surface area contributed by atoms with Crippen LogP contribution in [0.2, 0.25) is 0 Å². The summed E-state index contributed by atoms with van der Waals surface area (Å²) in [5.74, 6) is 2.08. The number of benzene rings is 1. The highest BCUT2D eigenvalue weighted by atomic mass is 16.6. The molecule has 0 aromatic heterocycles. The maximum atomic E-state index is 5.60. The molecule has 3 nitrogen and oxygen atoms in total. The van der Waals surface area contributed by atoms with Gasteiger partial charge >= 0.3 is 0 Å². The van der Waals surface area contributed by atoms with Crippen LogP contribution in [0.25, 0.3) is 0 Å². The monoisotopic (exact) mass is 192 g/mol. The number of hydrogen-bond acceptors (Lipinski definition) is 3. The first-order valence-corrected chi connectivity index (χ1v) is 4.44. The molecule has 1 aliphatic rings. The van der Waals surface area contributed by atoms with Gasteiger partial charge in [0.2, 0.25) is 5.75 Å². The highest BCUT2D eigenvalue weighted by Gasteiger charge is 2.21. The lowest BCUT2D eigenvalue weighted by Gasteiger charge is -2.25. The van der Waals surface area contributed by atoms with Crippen molar-refractivity contribution in [2.24, 2.45) is 0 Å². The Morgan fingerprint density at radius 3 is 3.14 bits per heavy atom. The standard InChI is InChI=1S/C11H12O3/c1-3-8-7-13-11-9(12-2)5-4-6-10(11)14-8/h3-6,8H,1,7H2,2H3.